The van der Waals surface area contributed by atoms with Crippen molar-refractivity contribution in [3.63, 3.8) is 0 Å². The Hall–Kier alpha value is 0.210. The van der Waals surface area contributed by atoms with Gasteiger partial charge in [-0.1, -0.05) is 20.3 Å². The number of halogens is 2. The Morgan fingerprint density at radius 1 is 1.60 bits per heavy atom. The summed E-state index contributed by atoms with van der Waals surface area (Å²) < 4.78 is -0.889. The molecule has 0 bridgehead atoms. The minimum Gasteiger partial charge on any atom is -0.330 e. The molecule has 4 heteroatoms. The first-order valence-corrected chi connectivity index (χ1v) is 3.85. The molecular formula is C6H13Cl2NO. The zero-order chi connectivity index (χ0) is 8.57. The Bertz CT molecular complexity index is 79.8. The normalized spacial score (nSPS) is 11.3. The molecule has 0 spiro atoms. The van der Waals surface area contributed by atoms with Crippen LogP contribution in [0.3, 0.4) is 0 Å². The molecule has 0 rings (SSSR count). The van der Waals surface area contributed by atoms with Gasteiger partial charge in [-0.2, -0.15) is 0 Å². The molecule has 0 saturated carbocycles. The minimum absolute atomic E-state index is 0.713. The van der Waals surface area contributed by atoms with Gasteiger partial charge in [0.15, 0.2) is 0 Å². The molecule has 2 nitrogen and oxygen atoms in total. The van der Waals surface area contributed by atoms with Crippen molar-refractivity contribution >= 4 is 27.9 Å². The van der Waals surface area contributed by atoms with E-state index in [2.05, 4.69) is 37.0 Å². The summed E-state index contributed by atoms with van der Waals surface area (Å²) in [7, 11) is 0. The van der Waals surface area contributed by atoms with Crippen molar-refractivity contribution in [2.45, 2.75) is 20.3 Å². The predicted molar refractivity (Wildman–Crippen MR) is 45.6 cm³/mol. The highest BCUT2D eigenvalue weighted by Gasteiger charge is 1.88. The van der Waals surface area contributed by atoms with E-state index in [9.17, 15) is 0 Å². The highest BCUT2D eigenvalue weighted by Crippen LogP contribution is 1.93. The molecule has 0 radical (unpaired) electrons. The fraction of sp³-hybridized carbons (Fsp3) is 0.833. The van der Waals surface area contributed by atoms with Crippen molar-refractivity contribution < 1.29 is 4.79 Å². The Labute approximate surface area is 71.7 Å². The SMILES string of the molecule is CCC(C)CN.O=C(Cl)Cl. The Morgan fingerprint density at radius 2 is 1.90 bits per heavy atom. The lowest BCUT2D eigenvalue weighted by Gasteiger charge is -1.98. The van der Waals surface area contributed by atoms with Crippen LogP contribution in [-0.2, 0) is 0 Å². The summed E-state index contributed by atoms with van der Waals surface area (Å²) in [6.07, 6.45) is 1.20. The highest BCUT2D eigenvalue weighted by molar-refractivity contribution is 6.93. The lowest BCUT2D eigenvalue weighted by atomic mass is 10.1. The maximum atomic E-state index is 8.98. The summed E-state index contributed by atoms with van der Waals surface area (Å²) in [4.78, 5) is 8.98. The van der Waals surface area contributed by atoms with E-state index in [1.807, 2.05) is 0 Å². The van der Waals surface area contributed by atoms with Gasteiger partial charge in [-0.3, -0.25) is 4.79 Å². The van der Waals surface area contributed by atoms with Crippen molar-refractivity contribution in [2.75, 3.05) is 6.54 Å². The molecule has 0 fully saturated rings. The maximum Gasteiger partial charge on any atom is 0.313 e. The molecule has 0 aliphatic carbocycles. The van der Waals surface area contributed by atoms with Crippen LogP contribution in [0.4, 0.5) is 4.79 Å². The van der Waals surface area contributed by atoms with Gasteiger partial charge in [-0.05, 0) is 35.7 Å². The van der Waals surface area contributed by atoms with Crippen LogP contribution in [0.25, 0.3) is 0 Å². The molecular weight excluding hydrogens is 173 g/mol. The molecule has 2 N–H and O–H groups in total. The average molecular weight is 186 g/mol. The first kappa shape index (κ1) is 12.8. The molecule has 0 amide bonds. The Morgan fingerprint density at radius 3 is 1.90 bits per heavy atom. The van der Waals surface area contributed by atoms with Crippen LogP contribution in [0, 0.1) is 5.92 Å². The zero-order valence-corrected chi connectivity index (χ0v) is 7.74. The van der Waals surface area contributed by atoms with E-state index < -0.39 is 4.70 Å². The average Bonchev–Trinajstić information content (AvgIpc) is 1.85. The maximum absolute atomic E-state index is 8.98. The first-order valence-electron chi connectivity index (χ1n) is 3.09. The minimum atomic E-state index is -0.889. The lowest BCUT2D eigenvalue weighted by molar-refractivity contribution is 0.275. The first-order chi connectivity index (χ1) is 4.54. The summed E-state index contributed by atoms with van der Waals surface area (Å²) in [5.41, 5.74) is 5.28. The van der Waals surface area contributed by atoms with Crippen LogP contribution in [0.5, 0.6) is 0 Å². The molecule has 1 atom stereocenters. The number of nitrogens with two attached hydrogens (primary N) is 1. The van der Waals surface area contributed by atoms with E-state index in [1.54, 1.807) is 0 Å². The van der Waals surface area contributed by atoms with Gasteiger partial charge in [0, 0.05) is 0 Å². The molecule has 0 aromatic heterocycles. The number of carbonyl (C=O) groups excluding carboxylic acids is 1. The van der Waals surface area contributed by atoms with Crippen molar-refractivity contribution in [2.24, 2.45) is 11.7 Å². The zero-order valence-electron chi connectivity index (χ0n) is 6.23. The third-order valence-electron chi connectivity index (χ3n) is 1.10. The fourth-order valence-corrected chi connectivity index (χ4v) is 0.167. The molecule has 62 valence electrons. The van der Waals surface area contributed by atoms with E-state index >= 15 is 0 Å². The van der Waals surface area contributed by atoms with Crippen molar-refractivity contribution in [3.8, 4) is 0 Å². The van der Waals surface area contributed by atoms with Crippen LogP contribution in [-0.4, -0.2) is 11.2 Å². The second-order valence-electron chi connectivity index (χ2n) is 1.97. The van der Waals surface area contributed by atoms with Gasteiger partial charge in [0.05, 0.1) is 0 Å². The monoisotopic (exact) mass is 185 g/mol. The molecule has 0 aliphatic heterocycles. The van der Waals surface area contributed by atoms with Gasteiger partial charge >= 0.3 is 4.70 Å². The van der Waals surface area contributed by atoms with Crippen LogP contribution in [0.15, 0.2) is 0 Å². The lowest BCUT2D eigenvalue weighted by Crippen LogP contribution is -2.08. The molecule has 0 aromatic carbocycles. The predicted octanol–water partition coefficient (Wildman–Crippen LogP) is 2.58. The fourth-order valence-electron chi connectivity index (χ4n) is 0.167. The van der Waals surface area contributed by atoms with Crippen LogP contribution in [0.2, 0.25) is 0 Å². The summed E-state index contributed by atoms with van der Waals surface area (Å²) in [5.74, 6) is 0.713. The van der Waals surface area contributed by atoms with Crippen LogP contribution in [0.1, 0.15) is 20.3 Å². The molecule has 10 heavy (non-hydrogen) atoms. The third-order valence-corrected chi connectivity index (χ3v) is 1.10. The molecule has 0 saturated heterocycles. The molecule has 1 unspecified atom stereocenters. The van der Waals surface area contributed by atoms with E-state index in [1.165, 1.54) is 6.42 Å². The van der Waals surface area contributed by atoms with Gasteiger partial charge in [0.25, 0.3) is 0 Å². The largest absolute Gasteiger partial charge is 0.330 e. The number of carbonyl (C=O) groups is 1. The Balaban J connectivity index is 0. The third kappa shape index (κ3) is 24.1. The Kier molecular flexibility index (Phi) is 11.8. The van der Waals surface area contributed by atoms with Crippen molar-refractivity contribution in [1.29, 1.82) is 0 Å². The highest BCUT2D eigenvalue weighted by atomic mass is 35.5. The molecule has 0 aliphatic rings. The van der Waals surface area contributed by atoms with Gasteiger partial charge in [-0.25, -0.2) is 0 Å². The number of rotatable bonds is 2. The van der Waals surface area contributed by atoms with Gasteiger partial charge < -0.3 is 5.73 Å². The van der Waals surface area contributed by atoms with E-state index in [0.29, 0.717) is 5.92 Å². The van der Waals surface area contributed by atoms with Gasteiger partial charge in [0.1, 0.15) is 0 Å². The molecule has 0 aromatic rings. The van der Waals surface area contributed by atoms with Crippen molar-refractivity contribution in [3.05, 3.63) is 0 Å². The summed E-state index contributed by atoms with van der Waals surface area (Å²) in [6, 6.07) is 0. The topological polar surface area (TPSA) is 43.1 Å². The summed E-state index contributed by atoms with van der Waals surface area (Å²) >= 11 is 8.80. The smallest absolute Gasteiger partial charge is 0.313 e. The van der Waals surface area contributed by atoms with E-state index in [0.717, 1.165) is 6.54 Å². The second kappa shape index (κ2) is 9.21. The van der Waals surface area contributed by atoms with Crippen LogP contribution < -0.4 is 5.73 Å². The summed E-state index contributed by atoms with van der Waals surface area (Å²) in [6.45, 7) is 5.13. The quantitative estimate of drug-likeness (QED) is 0.673. The van der Waals surface area contributed by atoms with E-state index in [-0.39, 0.29) is 0 Å². The van der Waals surface area contributed by atoms with Crippen molar-refractivity contribution in [1.82, 2.24) is 0 Å². The van der Waals surface area contributed by atoms with E-state index in [4.69, 9.17) is 10.5 Å². The molecule has 0 heterocycles. The summed E-state index contributed by atoms with van der Waals surface area (Å²) in [5, 5.41) is 0. The van der Waals surface area contributed by atoms with Gasteiger partial charge in [-0.15, -0.1) is 0 Å². The number of hydrogen-bond donors (Lipinski definition) is 1. The standard InChI is InChI=1S/C5H13N.CCl2O/c1-3-5(2)4-6;2-1(3)4/h5H,3-4,6H2,1-2H3;. The second-order valence-corrected chi connectivity index (χ2v) is 2.85. The number of hydrogen-bond acceptors (Lipinski definition) is 2. The van der Waals surface area contributed by atoms with Gasteiger partial charge in [0.2, 0.25) is 0 Å². The van der Waals surface area contributed by atoms with Crippen LogP contribution >= 0.6 is 23.2 Å².